The van der Waals surface area contributed by atoms with Crippen LogP contribution in [0.1, 0.15) is 69.1 Å². The Bertz CT molecular complexity index is 1540. The van der Waals surface area contributed by atoms with Crippen LogP contribution >= 0.6 is 7.82 Å². The average molecular weight is 711 g/mol. The second kappa shape index (κ2) is 18.1. The molecule has 1 heterocycles. The zero-order chi connectivity index (χ0) is 35.5. The van der Waals surface area contributed by atoms with Crippen LogP contribution in [-0.2, 0) is 53.2 Å². The summed E-state index contributed by atoms with van der Waals surface area (Å²) >= 11 is 0. The zero-order valence-electron chi connectivity index (χ0n) is 29.1. The molecule has 3 aromatic carbocycles. The minimum atomic E-state index is -4.19. The molecule has 0 spiro atoms. The van der Waals surface area contributed by atoms with Gasteiger partial charge in [-0.05, 0) is 40.7 Å². The predicted molar refractivity (Wildman–Crippen MR) is 185 cm³/mol. The Labute approximate surface area is 294 Å². The molecule has 12 heteroatoms. The zero-order valence-corrected chi connectivity index (χ0v) is 30.0. The minimum absolute atomic E-state index is 0.0186. The SMILES string of the molecule is CCCCOP(=O)(OCCCC)OC1OC(C(=O)OC)[C@H](OC(=O)OCC2c3ccccc3-c3ccccc32)[C@H](C)C1OCc1ccccc1. The number of phosphoric acid groups is 1. The second-order valence-electron chi connectivity index (χ2n) is 12.4. The number of benzene rings is 3. The van der Waals surface area contributed by atoms with Gasteiger partial charge in [-0.25, -0.2) is 14.2 Å². The Hall–Kier alpha value is -3.57. The first-order valence-electron chi connectivity index (χ1n) is 17.3. The highest BCUT2D eigenvalue weighted by atomic mass is 31.2. The summed E-state index contributed by atoms with van der Waals surface area (Å²) in [6.07, 6.45) is -3.20. The van der Waals surface area contributed by atoms with E-state index < -0.39 is 50.5 Å². The second-order valence-corrected chi connectivity index (χ2v) is 14.0. The first kappa shape index (κ1) is 37.7. The topological polar surface area (TPSA) is 125 Å². The lowest BCUT2D eigenvalue weighted by molar-refractivity contribution is -0.274. The Morgan fingerprint density at radius 3 is 1.96 bits per heavy atom. The van der Waals surface area contributed by atoms with E-state index >= 15 is 0 Å². The third-order valence-electron chi connectivity index (χ3n) is 8.89. The molecule has 1 saturated heterocycles. The van der Waals surface area contributed by atoms with Crippen LogP contribution in [0.5, 0.6) is 0 Å². The standard InChI is InChI=1S/C38H47O11P/c1-5-7-22-45-50(41,46-23-8-6-2)49-37-34(43-24-27-16-10-9-11-17-27)26(3)33(35(47-37)36(39)42-4)48-38(40)44-25-32-30-20-14-12-18-28(30)29-19-13-15-21-31(29)32/h9-21,26,32-35,37H,5-8,22-25H2,1-4H3/t26-,33+,34?,35?,37?/m0/s1. The summed E-state index contributed by atoms with van der Waals surface area (Å²) in [6, 6.07) is 25.4. The number of unbranched alkanes of at least 4 members (excludes halogenated alkanes) is 2. The van der Waals surface area contributed by atoms with E-state index in [0.29, 0.717) is 12.8 Å². The fraction of sp³-hybridized carbons (Fsp3) is 0.474. The van der Waals surface area contributed by atoms with Gasteiger partial charge in [0.15, 0.2) is 12.4 Å². The van der Waals surface area contributed by atoms with Crippen LogP contribution in [0.2, 0.25) is 0 Å². The van der Waals surface area contributed by atoms with E-state index in [9.17, 15) is 14.2 Å². The number of hydrogen-bond acceptors (Lipinski definition) is 11. The minimum Gasteiger partial charge on any atom is -0.467 e. The van der Waals surface area contributed by atoms with Gasteiger partial charge in [-0.3, -0.25) is 13.6 Å². The van der Waals surface area contributed by atoms with Gasteiger partial charge >= 0.3 is 19.9 Å². The van der Waals surface area contributed by atoms with Crippen LogP contribution in [-0.4, -0.2) is 63.7 Å². The maximum absolute atomic E-state index is 13.9. The number of phosphoric ester groups is 1. The van der Waals surface area contributed by atoms with Crippen molar-refractivity contribution in [2.45, 2.75) is 83.6 Å². The van der Waals surface area contributed by atoms with Crippen molar-refractivity contribution in [2.24, 2.45) is 5.92 Å². The van der Waals surface area contributed by atoms with Crippen molar-refractivity contribution >= 4 is 19.9 Å². The molecular weight excluding hydrogens is 663 g/mol. The van der Waals surface area contributed by atoms with Crippen LogP contribution in [0, 0.1) is 5.92 Å². The highest BCUT2D eigenvalue weighted by Crippen LogP contribution is 2.53. The molecule has 270 valence electrons. The molecule has 0 bridgehead atoms. The first-order valence-corrected chi connectivity index (χ1v) is 18.7. The normalized spacial score (nSPS) is 21.6. The van der Waals surface area contributed by atoms with Gasteiger partial charge in [-0.15, -0.1) is 0 Å². The number of carbonyl (C=O) groups is 2. The van der Waals surface area contributed by atoms with Crippen LogP contribution < -0.4 is 0 Å². The fourth-order valence-corrected chi connectivity index (χ4v) is 7.50. The molecule has 0 amide bonds. The molecule has 0 aromatic heterocycles. The summed E-state index contributed by atoms with van der Waals surface area (Å²) in [4.78, 5) is 26.5. The van der Waals surface area contributed by atoms with E-state index in [-0.39, 0.29) is 32.3 Å². The lowest BCUT2D eigenvalue weighted by Gasteiger charge is -2.43. The van der Waals surface area contributed by atoms with Crippen LogP contribution in [0.3, 0.4) is 0 Å². The molecule has 50 heavy (non-hydrogen) atoms. The number of fused-ring (bicyclic) bond motifs is 3. The van der Waals surface area contributed by atoms with Gasteiger partial charge in [0.1, 0.15) is 18.8 Å². The lowest BCUT2D eigenvalue weighted by atomic mass is 9.90. The summed E-state index contributed by atoms with van der Waals surface area (Å²) in [7, 11) is -2.99. The van der Waals surface area contributed by atoms with Crippen molar-refractivity contribution < 1.29 is 51.4 Å². The first-order chi connectivity index (χ1) is 24.3. The summed E-state index contributed by atoms with van der Waals surface area (Å²) in [5.41, 5.74) is 5.12. The third-order valence-corrected chi connectivity index (χ3v) is 10.4. The van der Waals surface area contributed by atoms with E-state index in [1.165, 1.54) is 7.11 Å². The van der Waals surface area contributed by atoms with Crippen LogP contribution in [0.4, 0.5) is 4.79 Å². The van der Waals surface area contributed by atoms with E-state index in [1.807, 2.05) is 92.7 Å². The van der Waals surface area contributed by atoms with Crippen molar-refractivity contribution in [3.8, 4) is 11.1 Å². The highest BCUT2D eigenvalue weighted by molar-refractivity contribution is 7.48. The molecular formula is C38H47O11P. The van der Waals surface area contributed by atoms with E-state index in [4.69, 9.17) is 37.3 Å². The summed E-state index contributed by atoms with van der Waals surface area (Å²) in [6.45, 7) is 6.08. The van der Waals surface area contributed by atoms with Gasteiger partial charge in [0.25, 0.3) is 0 Å². The molecule has 3 aromatic rings. The molecule has 3 unspecified atom stereocenters. The van der Waals surface area contributed by atoms with Crippen LogP contribution in [0.25, 0.3) is 11.1 Å². The molecule has 11 nitrogen and oxygen atoms in total. The van der Waals surface area contributed by atoms with Gasteiger partial charge in [-0.1, -0.05) is 112 Å². The van der Waals surface area contributed by atoms with Crippen LogP contribution in [0.15, 0.2) is 78.9 Å². The van der Waals surface area contributed by atoms with E-state index in [0.717, 1.165) is 40.7 Å². The number of methoxy groups -OCH3 is 1. The number of carbonyl (C=O) groups excluding carboxylic acids is 2. The van der Waals surface area contributed by atoms with Crippen molar-refractivity contribution in [3.63, 3.8) is 0 Å². The van der Waals surface area contributed by atoms with Crippen molar-refractivity contribution in [2.75, 3.05) is 26.9 Å². The van der Waals surface area contributed by atoms with Crippen molar-refractivity contribution in [1.29, 1.82) is 0 Å². The quantitative estimate of drug-likeness (QED) is 0.0765. The molecule has 1 aliphatic heterocycles. The summed E-state index contributed by atoms with van der Waals surface area (Å²) in [5, 5.41) is 0. The summed E-state index contributed by atoms with van der Waals surface area (Å²) in [5.74, 6) is -1.75. The van der Waals surface area contributed by atoms with Gasteiger partial charge < -0.3 is 23.7 Å². The van der Waals surface area contributed by atoms with Gasteiger partial charge in [0.05, 0.1) is 26.9 Å². The highest BCUT2D eigenvalue weighted by Gasteiger charge is 2.53. The average Bonchev–Trinajstić information content (AvgIpc) is 3.45. The fourth-order valence-electron chi connectivity index (χ4n) is 6.17. The van der Waals surface area contributed by atoms with Gasteiger partial charge in [0.2, 0.25) is 0 Å². The third kappa shape index (κ3) is 9.20. The molecule has 2 aliphatic rings. The smallest absolute Gasteiger partial charge is 0.467 e. The molecule has 1 aliphatic carbocycles. The molecule has 1 fully saturated rings. The Kier molecular flexibility index (Phi) is 13.6. The Balaban J connectivity index is 1.36. The van der Waals surface area contributed by atoms with Crippen molar-refractivity contribution in [3.05, 3.63) is 95.6 Å². The predicted octanol–water partition coefficient (Wildman–Crippen LogP) is 8.20. The number of ether oxygens (including phenoxy) is 5. The Morgan fingerprint density at radius 1 is 0.800 bits per heavy atom. The maximum Gasteiger partial charge on any atom is 0.508 e. The molecule has 0 radical (unpaired) electrons. The number of rotatable bonds is 17. The monoisotopic (exact) mass is 710 g/mol. The Morgan fingerprint density at radius 2 is 1.38 bits per heavy atom. The maximum atomic E-state index is 13.9. The van der Waals surface area contributed by atoms with E-state index in [2.05, 4.69) is 0 Å². The number of esters is 1. The largest absolute Gasteiger partial charge is 0.508 e. The van der Waals surface area contributed by atoms with E-state index in [1.54, 1.807) is 6.92 Å². The van der Waals surface area contributed by atoms with Gasteiger partial charge in [-0.2, -0.15) is 0 Å². The number of hydrogen-bond donors (Lipinski definition) is 0. The molecule has 5 atom stereocenters. The molecule has 0 N–H and O–H groups in total. The van der Waals surface area contributed by atoms with Gasteiger partial charge in [0, 0.05) is 11.8 Å². The summed E-state index contributed by atoms with van der Waals surface area (Å²) < 4.78 is 60.3. The molecule has 5 rings (SSSR count). The van der Waals surface area contributed by atoms with Crippen molar-refractivity contribution in [1.82, 2.24) is 0 Å². The lowest BCUT2D eigenvalue weighted by Crippen LogP contribution is -2.58. The molecule has 0 saturated carbocycles.